The summed E-state index contributed by atoms with van der Waals surface area (Å²) in [5.41, 5.74) is 6.39. The number of nitrogens with two attached hydrogens (primary N) is 1. The van der Waals surface area contributed by atoms with Crippen molar-refractivity contribution >= 4 is 49.7 Å². The van der Waals surface area contributed by atoms with Gasteiger partial charge in [-0.3, -0.25) is 0 Å². The topological polar surface area (TPSA) is 38.0 Å². The molecule has 0 amide bonds. The molecule has 76 valence electrons. The first-order valence-corrected chi connectivity index (χ1v) is 5.62. The minimum Gasteiger partial charge on any atom is -0.376 e. The van der Waals surface area contributed by atoms with Gasteiger partial charge in [-0.15, -0.1) is 0 Å². The lowest BCUT2D eigenvalue weighted by Crippen LogP contribution is -2.18. The van der Waals surface area contributed by atoms with Crippen LogP contribution in [0.3, 0.4) is 0 Å². The predicted octanol–water partition coefficient (Wildman–Crippen LogP) is 3.26. The summed E-state index contributed by atoms with van der Waals surface area (Å²) in [4.78, 5) is 0. The van der Waals surface area contributed by atoms with E-state index in [1.807, 2.05) is 36.4 Å². The van der Waals surface area contributed by atoms with Gasteiger partial charge < -0.3 is 11.1 Å². The molecule has 0 spiro atoms. The maximum Gasteiger partial charge on any atom is 0.168 e. The van der Waals surface area contributed by atoms with Crippen LogP contribution in [0.5, 0.6) is 0 Å². The van der Waals surface area contributed by atoms with Gasteiger partial charge in [0, 0.05) is 15.5 Å². The Labute approximate surface area is 102 Å². The Morgan fingerprint density at radius 2 is 1.80 bits per heavy atom. The van der Waals surface area contributed by atoms with Gasteiger partial charge in [0.1, 0.15) is 0 Å². The highest BCUT2D eigenvalue weighted by molar-refractivity contribution is 9.10. The smallest absolute Gasteiger partial charge is 0.168 e. The zero-order valence-electron chi connectivity index (χ0n) is 7.83. The van der Waals surface area contributed by atoms with Crippen LogP contribution in [0.2, 0.25) is 0 Å². The monoisotopic (exact) mass is 280 g/mol. The van der Waals surface area contributed by atoms with Crippen LogP contribution in [0.15, 0.2) is 40.9 Å². The minimum absolute atomic E-state index is 0.280. The molecule has 0 aliphatic rings. The highest BCUT2D eigenvalue weighted by Crippen LogP contribution is 2.28. The second kappa shape index (κ2) is 4.16. The van der Waals surface area contributed by atoms with Gasteiger partial charge in [-0.25, -0.2) is 0 Å². The van der Waals surface area contributed by atoms with E-state index in [2.05, 4.69) is 21.2 Å². The predicted molar refractivity (Wildman–Crippen MR) is 72.1 cm³/mol. The molecule has 4 heteroatoms. The van der Waals surface area contributed by atoms with Crippen molar-refractivity contribution < 1.29 is 0 Å². The average Bonchev–Trinajstić information content (AvgIpc) is 2.19. The van der Waals surface area contributed by atoms with Crippen LogP contribution < -0.4 is 11.1 Å². The summed E-state index contributed by atoms with van der Waals surface area (Å²) in [6.45, 7) is 0. The SMILES string of the molecule is NC(=S)Nc1cccc2c(Br)cccc12. The molecule has 0 aliphatic carbocycles. The van der Waals surface area contributed by atoms with Crippen LogP contribution in [0, 0.1) is 0 Å². The summed E-state index contributed by atoms with van der Waals surface area (Å²) >= 11 is 8.33. The lowest BCUT2D eigenvalue weighted by Gasteiger charge is -2.08. The number of rotatable bonds is 1. The number of fused-ring (bicyclic) bond motifs is 1. The molecule has 0 heterocycles. The van der Waals surface area contributed by atoms with Gasteiger partial charge in [0.15, 0.2) is 5.11 Å². The normalized spacial score (nSPS) is 10.2. The fraction of sp³-hybridized carbons (Fsp3) is 0. The van der Waals surface area contributed by atoms with Crippen molar-refractivity contribution in [2.24, 2.45) is 5.73 Å². The average molecular weight is 281 g/mol. The van der Waals surface area contributed by atoms with E-state index in [1.54, 1.807) is 0 Å². The standard InChI is InChI=1S/C11H9BrN2S/c12-9-5-1-4-8-7(9)3-2-6-10(8)14-11(13)15/h1-6H,(H3,13,14,15). The molecule has 0 aromatic heterocycles. The zero-order valence-corrected chi connectivity index (χ0v) is 10.2. The Morgan fingerprint density at radius 3 is 2.53 bits per heavy atom. The molecule has 0 aliphatic heterocycles. The van der Waals surface area contributed by atoms with Gasteiger partial charge in [0.2, 0.25) is 0 Å². The molecule has 15 heavy (non-hydrogen) atoms. The van der Waals surface area contributed by atoms with Crippen molar-refractivity contribution in [3.05, 3.63) is 40.9 Å². The van der Waals surface area contributed by atoms with Crippen molar-refractivity contribution in [1.29, 1.82) is 0 Å². The van der Waals surface area contributed by atoms with Crippen molar-refractivity contribution in [3.63, 3.8) is 0 Å². The third kappa shape index (κ3) is 2.11. The maximum absolute atomic E-state index is 5.46. The molecule has 0 saturated carbocycles. The molecule has 3 N–H and O–H groups in total. The maximum atomic E-state index is 5.46. The number of hydrogen-bond donors (Lipinski definition) is 2. The number of halogens is 1. The van der Waals surface area contributed by atoms with Gasteiger partial charge in [-0.05, 0) is 29.7 Å². The number of thiocarbonyl (C=S) groups is 1. The fourth-order valence-electron chi connectivity index (χ4n) is 1.51. The van der Waals surface area contributed by atoms with Crippen LogP contribution in [0.1, 0.15) is 0 Å². The van der Waals surface area contributed by atoms with Gasteiger partial charge in [0.05, 0.1) is 0 Å². The highest BCUT2D eigenvalue weighted by atomic mass is 79.9. The van der Waals surface area contributed by atoms with Crippen molar-refractivity contribution in [2.45, 2.75) is 0 Å². The van der Waals surface area contributed by atoms with Gasteiger partial charge in [-0.2, -0.15) is 0 Å². The second-order valence-electron chi connectivity index (χ2n) is 3.13. The third-order valence-electron chi connectivity index (χ3n) is 2.13. The molecule has 0 unspecified atom stereocenters. The molecule has 0 radical (unpaired) electrons. The van der Waals surface area contributed by atoms with Crippen molar-refractivity contribution in [1.82, 2.24) is 0 Å². The Kier molecular flexibility index (Phi) is 2.88. The first kappa shape index (κ1) is 10.4. The van der Waals surface area contributed by atoms with Gasteiger partial charge >= 0.3 is 0 Å². The van der Waals surface area contributed by atoms with E-state index in [0.29, 0.717) is 0 Å². The summed E-state index contributed by atoms with van der Waals surface area (Å²) < 4.78 is 1.06. The molecule has 2 aromatic carbocycles. The van der Waals surface area contributed by atoms with E-state index in [-0.39, 0.29) is 5.11 Å². The quantitative estimate of drug-likeness (QED) is 0.788. The number of benzene rings is 2. The van der Waals surface area contributed by atoms with E-state index in [4.69, 9.17) is 18.0 Å². The lowest BCUT2D eigenvalue weighted by molar-refractivity contribution is 1.63. The molecular weight excluding hydrogens is 272 g/mol. The summed E-state index contributed by atoms with van der Waals surface area (Å²) in [6, 6.07) is 12.0. The van der Waals surface area contributed by atoms with Crippen LogP contribution in [0.25, 0.3) is 10.8 Å². The molecular formula is C11H9BrN2S. The highest BCUT2D eigenvalue weighted by Gasteiger charge is 2.02. The summed E-state index contributed by atoms with van der Waals surface area (Å²) in [5, 5.41) is 5.48. The molecule has 0 atom stereocenters. The van der Waals surface area contributed by atoms with E-state index in [0.717, 1.165) is 20.9 Å². The third-order valence-corrected chi connectivity index (χ3v) is 2.92. The Hall–Kier alpha value is -1.13. The Morgan fingerprint density at radius 1 is 1.13 bits per heavy atom. The van der Waals surface area contributed by atoms with Crippen LogP contribution >= 0.6 is 28.1 Å². The number of nitrogens with one attached hydrogen (secondary N) is 1. The first-order valence-electron chi connectivity index (χ1n) is 4.42. The van der Waals surface area contributed by atoms with Crippen molar-refractivity contribution in [3.8, 4) is 0 Å². The van der Waals surface area contributed by atoms with E-state index in [9.17, 15) is 0 Å². The van der Waals surface area contributed by atoms with Crippen LogP contribution in [0.4, 0.5) is 5.69 Å². The molecule has 2 nitrogen and oxygen atoms in total. The lowest BCUT2D eigenvalue weighted by atomic mass is 10.1. The molecule has 2 aromatic rings. The van der Waals surface area contributed by atoms with E-state index in [1.165, 1.54) is 0 Å². The summed E-state index contributed by atoms with van der Waals surface area (Å²) in [5.74, 6) is 0. The van der Waals surface area contributed by atoms with E-state index >= 15 is 0 Å². The molecule has 0 fully saturated rings. The fourth-order valence-corrected chi connectivity index (χ4v) is 2.12. The largest absolute Gasteiger partial charge is 0.376 e. The van der Waals surface area contributed by atoms with Gasteiger partial charge in [0.25, 0.3) is 0 Å². The molecule has 0 bridgehead atoms. The van der Waals surface area contributed by atoms with Gasteiger partial charge in [-0.1, -0.05) is 40.2 Å². The van der Waals surface area contributed by atoms with Crippen molar-refractivity contribution in [2.75, 3.05) is 5.32 Å². The summed E-state index contributed by atoms with van der Waals surface area (Å²) in [7, 11) is 0. The summed E-state index contributed by atoms with van der Waals surface area (Å²) in [6.07, 6.45) is 0. The molecule has 2 rings (SSSR count). The van der Waals surface area contributed by atoms with Crippen LogP contribution in [-0.4, -0.2) is 5.11 Å². The minimum atomic E-state index is 0.280. The van der Waals surface area contributed by atoms with Crippen LogP contribution in [-0.2, 0) is 0 Å². The Bertz CT molecular complexity index is 525. The zero-order chi connectivity index (χ0) is 10.8. The Balaban J connectivity index is 2.65. The first-order chi connectivity index (χ1) is 7.18. The van der Waals surface area contributed by atoms with E-state index < -0.39 is 0 Å². The second-order valence-corrected chi connectivity index (χ2v) is 4.42. The molecule has 0 saturated heterocycles. The number of anilines is 1. The number of hydrogen-bond acceptors (Lipinski definition) is 1.